The van der Waals surface area contributed by atoms with E-state index in [1.807, 2.05) is 0 Å². The van der Waals surface area contributed by atoms with Crippen LogP contribution in [0.15, 0.2) is 16.4 Å². The van der Waals surface area contributed by atoms with Gasteiger partial charge in [-0.25, -0.2) is 4.79 Å². The number of carbonyl (C=O) groups excluding carboxylic acids is 4. The Morgan fingerprint density at radius 3 is 2.68 bits per heavy atom. The summed E-state index contributed by atoms with van der Waals surface area (Å²) in [6.07, 6.45) is -0.437. The van der Waals surface area contributed by atoms with Crippen LogP contribution >= 0.6 is 23.3 Å². The number of nitrogens with two attached hydrogens (primary N) is 1. The Morgan fingerprint density at radius 2 is 2.09 bits per heavy atom. The summed E-state index contributed by atoms with van der Waals surface area (Å²) in [6, 6.07) is -1.04. The second-order valence-electron chi connectivity index (χ2n) is 6.97. The molecule has 14 nitrogen and oxygen atoms in total. The lowest BCUT2D eigenvalue weighted by molar-refractivity contribution is -0.150. The van der Waals surface area contributed by atoms with Gasteiger partial charge in [0.2, 0.25) is 11.5 Å². The summed E-state index contributed by atoms with van der Waals surface area (Å²) in [4.78, 5) is 70.0. The number of carboxylic acid groups (broad SMARTS) is 1. The maximum Gasteiger partial charge on any atom is 0.352 e. The standard InChI is InChI=1S/C18H20N6O8S2/c1-3-32-22-10(13-21-18(19)34-23-13)14(27)20-11-15(28)24-12(17(29)30)8(6-33-16(11)24)5-31-9(26)4-7(2)25/h11,16H,3-6H2,1-2H3,(H,20,27)(H,29,30)(H2,19,21,23)/b22-10+/t11-,16-/m1/s1. The van der Waals surface area contributed by atoms with Gasteiger partial charge >= 0.3 is 11.9 Å². The third-order valence-corrected chi connectivity index (χ3v) is 6.37. The number of ketones is 1. The molecule has 0 unspecified atom stereocenters. The van der Waals surface area contributed by atoms with Crippen LogP contribution in [-0.4, -0.2) is 85.0 Å². The topological polar surface area (TPSA) is 203 Å². The lowest BCUT2D eigenvalue weighted by atomic mass is 10.0. The van der Waals surface area contributed by atoms with Crippen LogP contribution in [0.2, 0.25) is 0 Å². The van der Waals surface area contributed by atoms with Gasteiger partial charge in [0.15, 0.2) is 5.13 Å². The van der Waals surface area contributed by atoms with Crippen molar-refractivity contribution in [3.05, 3.63) is 17.1 Å². The van der Waals surface area contributed by atoms with Crippen molar-refractivity contribution in [1.82, 2.24) is 19.6 Å². The smallest absolute Gasteiger partial charge is 0.352 e. The molecule has 0 saturated carbocycles. The molecule has 0 aliphatic carbocycles. The summed E-state index contributed by atoms with van der Waals surface area (Å²) >= 11 is 2.03. The van der Waals surface area contributed by atoms with E-state index in [1.165, 1.54) is 18.7 Å². The molecule has 1 fully saturated rings. The average Bonchev–Trinajstić information content (AvgIpc) is 3.20. The summed E-state index contributed by atoms with van der Waals surface area (Å²) in [5, 5.41) is 15.3. The highest BCUT2D eigenvalue weighted by Gasteiger charge is 2.54. The van der Waals surface area contributed by atoms with Crippen LogP contribution in [0.3, 0.4) is 0 Å². The van der Waals surface area contributed by atoms with Crippen LogP contribution in [0, 0.1) is 0 Å². The summed E-state index contributed by atoms with van der Waals surface area (Å²) < 4.78 is 8.90. The quantitative estimate of drug-likeness (QED) is 0.115. The predicted molar refractivity (Wildman–Crippen MR) is 118 cm³/mol. The predicted octanol–water partition coefficient (Wildman–Crippen LogP) is -0.878. The van der Waals surface area contributed by atoms with Crippen molar-refractivity contribution in [2.24, 2.45) is 5.16 Å². The van der Waals surface area contributed by atoms with Crippen LogP contribution < -0.4 is 11.1 Å². The van der Waals surface area contributed by atoms with E-state index >= 15 is 0 Å². The molecule has 2 amide bonds. The number of carbonyl (C=O) groups is 5. The van der Waals surface area contributed by atoms with Gasteiger partial charge in [-0.15, -0.1) is 11.8 Å². The van der Waals surface area contributed by atoms with Crippen molar-refractivity contribution in [3.8, 4) is 0 Å². The van der Waals surface area contributed by atoms with E-state index in [0.717, 1.165) is 16.4 Å². The van der Waals surface area contributed by atoms with E-state index < -0.39 is 47.4 Å². The maximum atomic E-state index is 12.8. The summed E-state index contributed by atoms with van der Waals surface area (Å²) in [6.45, 7) is 2.66. The summed E-state index contributed by atoms with van der Waals surface area (Å²) in [5.41, 5.74) is 5.15. The lowest BCUT2D eigenvalue weighted by Crippen LogP contribution is -2.71. The molecule has 0 bridgehead atoms. The summed E-state index contributed by atoms with van der Waals surface area (Å²) in [7, 11) is 0. The fraction of sp³-hybridized carbons (Fsp3) is 0.444. The van der Waals surface area contributed by atoms with Crippen molar-refractivity contribution in [2.75, 3.05) is 24.7 Å². The molecular formula is C18H20N6O8S2. The summed E-state index contributed by atoms with van der Waals surface area (Å²) in [5.74, 6) is -3.99. The van der Waals surface area contributed by atoms with Crippen molar-refractivity contribution in [3.63, 3.8) is 0 Å². The average molecular weight is 513 g/mol. The number of rotatable bonds is 10. The van der Waals surface area contributed by atoms with Gasteiger partial charge in [0.1, 0.15) is 42.5 Å². The molecule has 3 heterocycles. The molecule has 2 aliphatic rings. The Kier molecular flexibility index (Phi) is 7.83. The number of oxime groups is 1. The fourth-order valence-electron chi connectivity index (χ4n) is 3.07. The number of carboxylic acids is 1. The largest absolute Gasteiger partial charge is 0.477 e. The second kappa shape index (κ2) is 10.6. The molecule has 2 atom stereocenters. The first-order chi connectivity index (χ1) is 16.1. The number of esters is 1. The molecule has 3 rings (SSSR count). The Labute approximate surface area is 200 Å². The van der Waals surface area contributed by atoms with E-state index in [0.29, 0.717) is 0 Å². The molecule has 4 N–H and O–H groups in total. The van der Waals surface area contributed by atoms with Crippen LogP contribution in [0.4, 0.5) is 5.13 Å². The SMILES string of the molecule is CCO/N=C(/C(=O)N[C@@H]1C(=O)N2C(C(=O)O)=C(COC(=O)CC(C)=O)CS[C@H]12)c1nsc(N)n1. The zero-order valence-corrected chi connectivity index (χ0v) is 19.6. The Morgan fingerprint density at radius 1 is 1.35 bits per heavy atom. The first kappa shape index (κ1) is 25.1. The molecule has 16 heteroatoms. The van der Waals surface area contributed by atoms with E-state index in [1.54, 1.807) is 6.92 Å². The minimum atomic E-state index is -1.39. The maximum absolute atomic E-state index is 12.8. The molecule has 2 aliphatic heterocycles. The molecule has 182 valence electrons. The third kappa shape index (κ3) is 5.33. The molecule has 0 spiro atoms. The van der Waals surface area contributed by atoms with Crippen LogP contribution in [0.1, 0.15) is 26.1 Å². The van der Waals surface area contributed by atoms with Gasteiger partial charge < -0.3 is 25.7 Å². The molecular weight excluding hydrogens is 492 g/mol. The normalized spacial score (nSPS) is 19.8. The van der Waals surface area contributed by atoms with Crippen LogP contribution in [-0.2, 0) is 33.5 Å². The molecule has 0 radical (unpaired) electrons. The number of nitrogen functional groups attached to an aromatic ring is 1. The van der Waals surface area contributed by atoms with Crippen molar-refractivity contribution in [2.45, 2.75) is 31.7 Å². The number of hydrogen-bond acceptors (Lipinski definition) is 13. The van der Waals surface area contributed by atoms with E-state index in [2.05, 4.69) is 19.8 Å². The van der Waals surface area contributed by atoms with Crippen LogP contribution in [0.25, 0.3) is 0 Å². The highest BCUT2D eigenvalue weighted by atomic mass is 32.2. The molecule has 1 saturated heterocycles. The highest BCUT2D eigenvalue weighted by Crippen LogP contribution is 2.40. The highest BCUT2D eigenvalue weighted by molar-refractivity contribution is 8.00. The van der Waals surface area contributed by atoms with Gasteiger partial charge in [-0.3, -0.25) is 24.1 Å². The van der Waals surface area contributed by atoms with Gasteiger partial charge in [-0.1, -0.05) is 5.16 Å². The zero-order chi connectivity index (χ0) is 25.0. The molecule has 0 aromatic carbocycles. The number of β-lactam (4-membered cyclic amide) rings is 1. The van der Waals surface area contributed by atoms with Crippen molar-refractivity contribution in [1.29, 1.82) is 0 Å². The number of ether oxygens (including phenoxy) is 1. The molecule has 1 aromatic heterocycles. The number of fused-ring (bicyclic) bond motifs is 1. The van der Waals surface area contributed by atoms with E-state index in [9.17, 15) is 29.1 Å². The van der Waals surface area contributed by atoms with Gasteiger partial charge in [-0.2, -0.15) is 9.36 Å². The van der Waals surface area contributed by atoms with Crippen molar-refractivity contribution >= 4 is 63.7 Å². The monoisotopic (exact) mass is 512 g/mol. The zero-order valence-electron chi connectivity index (χ0n) is 18.0. The number of thioether (sulfide) groups is 1. The van der Waals surface area contributed by atoms with Gasteiger partial charge in [0, 0.05) is 22.9 Å². The van der Waals surface area contributed by atoms with Gasteiger partial charge in [0.25, 0.3) is 11.8 Å². The number of aliphatic carboxylic acids is 1. The number of aromatic nitrogens is 2. The fourth-order valence-corrected chi connectivity index (χ4v) is 4.83. The van der Waals surface area contributed by atoms with E-state index in [4.69, 9.17) is 15.3 Å². The first-order valence-corrected chi connectivity index (χ1v) is 11.6. The number of nitrogens with zero attached hydrogens (tertiary/aromatic N) is 4. The van der Waals surface area contributed by atoms with E-state index in [-0.39, 0.29) is 46.9 Å². The number of nitrogens with one attached hydrogen (secondary N) is 1. The third-order valence-electron chi connectivity index (χ3n) is 4.49. The number of hydrogen-bond donors (Lipinski definition) is 3. The molecule has 34 heavy (non-hydrogen) atoms. The Bertz CT molecular complexity index is 1100. The molecule has 1 aromatic rings. The van der Waals surface area contributed by atoms with Gasteiger partial charge in [0.05, 0.1) is 0 Å². The Balaban J connectivity index is 1.74. The van der Waals surface area contributed by atoms with Crippen molar-refractivity contribution < 1.29 is 38.7 Å². The minimum Gasteiger partial charge on any atom is -0.477 e. The van der Waals surface area contributed by atoms with Gasteiger partial charge in [-0.05, 0) is 13.8 Å². The number of anilines is 1. The minimum absolute atomic E-state index is 0.0749. The second-order valence-corrected chi connectivity index (χ2v) is 8.86. The Hall–Kier alpha value is -3.53. The lowest BCUT2D eigenvalue weighted by Gasteiger charge is -2.49. The number of amides is 2. The first-order valence-electron chi connectivity index (χ1n) is 9.79. The number of Topliss-reactive ketones (excluding diaryl/α,β-unsaturated/α-hetero) is 1. The van der Waals surface area contributed by atoms with Crippen LogP contribution in [0.5, 0.6) is 0 Å².